The first-order valence-corrected chi connectivity index (χ1v) is 10.6. The summed E-state index contributed by atoms with van der Waals surface area (Å²) in [5, 5.41) is 15.0. The quantitative estimate of drug-likeness (QED) is 0.188. The van der Waals surface area contributed by atoms with Crippen LogP contribution in [-0.2, 0) is 19.0 Å². The molecule has 2 heterocycles. The molecule has 1 aliphatic carbocycles. The van der Waals surface area contributed by atoms with Crippen LogP contribution in [0.4, 0.5) is 5.69 Å². The third-order valence-electron chi connectivity index (χ3n) is 6.37. The Morgan fingerprint density at radius 3 is 2.55 bits per heavy atom. The number of benzene rings is 2. The molecule has 0 aliphatic heterocycles. The van der Waals surface area contributed by atoms with Gasteiger partial charge < -0.3 is 16.0 Å². The Morgan fingerprint density at radius 2 is 1.94 bits per heavy atom. The summed E-state index contributed by atoms with van der Waals surface area (Å²) in [5.74, 6) is 1.00. The first-order valence-electron chi connectivity index (χ1n) is 10.6. The van der Waals surface area contributed by atoms with Gasteiger partial charge in [0.05, 0.1) is 23.0 Å². The fraction of sp³-hybridized carbons (Fsp3) is 0.250. The standard InChI is InChI=1S/C24H25N7O.ClH/c1-14-17(24(10-11-24)22(32)19-9-12-28-31(19)2)7-8-18-21(14)30-20(29-18)13-27-16-5-3-15(4-6-16)23(25)26;/h3-9,12,27H,10-11,13H2,1-2H3,(H3,25,26)(H,29,30);1H. The summed E-state index contributed by atoms with van der Waals surface area (Å²) in [5.41, 5.74) is 11.3. The van der Waals surface area contributed by atoms with Crippen LogP contribution in [0.3, 0.4) is 0 Å². The normalized spacial score (nSPS) is 14.0. The molecule has 0 saturated heterocycles. The van der Waals surface area contributed by atoms with Gasteiger partial charge in [-0.05, 0) is 67.3 Å². The SMILES string of the molecule is Cc1c(C2(C(=O)c3ccnn3C)CC2)ccc2[nH]c(CNc3ccc(C(=N)N)cc3)nc12.Cl. The molecular formula is C24H26ClN7O. The maximum absolute atomic E-state index is 13.3. The molecule has 4 aromatic rings. The molecule has 1 aliphatic rings. The molecule has 170 valence electrons. The first-order chi connectivity index (χ1) is 15.4. The fourth-order valence-electron chi connectivity index (χ4n) is 4.40. The molecule has 5 rings (SSSR count). The predicted octanol–water partition coefficient (Wildman–Crippen LogP) is 3.84. The maximum Gasteiger partial charge on any atom is 0.191 e. The van der Waals surface area contributed by atoms with Gasteiger partial charge in [0, 0.05) is 24.5 Å². The minimum Gasteiger partial charge on any atom is -0.384 e. The minimum atomic E-state index is -0.470. The van der Waals surface area contributed by atoms with Crippen LogP contribution in [0.1, 0.15) is 45.8 Å². The van der Waals surface area contributed by atoms with Gasteiger partial charge in [0.15, 0.2) is 5.78 Å². The third kappa shape index (κ3) is 3.87. The zero-order valence-electron chi connectivity index (χ0n) is 18.5. The average Bonchev–Trinajstić information content (AvgIpc) is 3.29. The number of nitrogens with zero attached hydrogens (tertiary/aromatic N) is 3. The summed E-state index contributed by atoms with van der Waals surface area (Å²) in [4.78, 5) is 21.5. The number of anilines is 1. The Bertz CT molecular complexity index is 1350. The minimum absolute atomic E-state index is 0. The van der Waals surface area contributed by atoms with E-state index in [9.17, 15) is 4.79 Å². The summed E-state index contributed by atoms with van der Waals surface area (Å²) in [6.45, 7) is 2.58. The average molecular weight is 464 g/mol. The van der Waals surface area contributed by atoms with Gasteiger partial charge in [0.2, 0.25) is 0 Å². The maximum atomic E-state index is 13.3. The fourth-order valence-corrected chi connectivity index (χ4v) is 4.40. The summed E-state index contributed by atoms with van der Waals surface area (Å²) in [7, 11) is 1.81. The Kier molecular flexibility index (Phi) is 5.71. The number of carbonyl (C=O) groups excluding carboxylic acids is 1. The Labute approximate surface area is 197 Å². The van der Waals surface area contributed by atoms with E-state index in [1.165, 1.54) is 0 Å². The number of aryl methyl sites for hydroxylation is 2. The number of rotatable bonds is 7. The van der Waals surface area contributed by atoms with E-state index in [2.05, 4.69) is 21.5 Å². The van der Waals surface area contributed by atoms with Gasteiger partial charge in [-0.1, -0.05) is 6.07 Å². The summed E-state index contributed by atoms with van der Waals surface area (Å²) in [6, 6.07) is 13.3. The van der Waals surface area contributed by atoms with Gasteiger partial charge in [0.25, 0.3) is 0 Å². The lowest BCUT2D eigenvalue weighted by atomic mass is 9.86. The van der Waals surface area contributed by atoms with Crippen molar-refractivity contribution in [1.82, 2.24) is 19.7 Å². The smallest absolute Gasteiger partial charge is 0.191 e. The Balaban J connectivity index is 0.00000259. The Morgan fingerprint density at radius 1 is 1.21 bits per heavy atom. The highest BCUT2D eigenvalue weighted by Crippen LogP contribution is 2.52. The monoisotopic (exact) mass is 463 g/mol. The van der Waals surface area contributed by atoms with Crippen molar-refractivity contribution in [3.05, 3.63) is 76.9 Å². The molecule has 0 spiro atoms. The number of amidine groups is 1. The number of ketones is 1. The molecule has 0 unspecified atom stereocenters. The van der Waals surface area contributed by atoms with Gasteiger partial charge in [0.1, 0.15) is 17.4 Å². The molecule has 2 aromatic carbocycles. The van der Waals surface area contributed by atoms with E-state index in [0.717, 1.165) is 46.5 Å². The highest BCUT2D eigenvalue weighted by molar-refractivity contribution is 6.05. The summed E-state index contributed by atoms with van der Waals surface area (Å²) < 4.78 is 1.65. The van der Waals surface area contributed by atoms with Gasteiger partial charge >= 0.3 is 0 Å². The molecule has 0 radical (unpaired) electrons. The second-order valence-electron chi connectivity index (χ2n) is 8.41. The van der Waals surface area contributed by atoms with E-state index in [0.29, 0.717) is 17.8 Å². The zero-order valence-corrected chi connectivity index (χ0v) is 19.3. The second kappa shape index (κ2) is 8.37. The van der Waals surface area contributed by atoms with Crippen molar-refractivity contribution in [2.24, 2.45) is 12.8 Å². The number of aromatic amines is 1. The molecule has 8 nitrogen and oxygen atoms in total. The molecule has 9 heteroatoms. The number of hydrogen-bond acceptors (Lipinski definition) is 5. The number of nitrogen functional groups attached to an aromatic ring is 1. The van der Waals surface area contributed by atoms with Crippen LogP contribution in [0.2, 0.25) is 0 Å². The molecule has 1 saturated carbocycles. The first kappa shape index (κ1) is 22.5. The van der Waals surface area contributed by atoms with Gasteiger partial charge in [-0.15, -0.1) is 12.4 Å². The number of H-pyrrole nitrogens is 1. The zero-order chi connectivity index (χ0) is 22.5. The molecule has 1 fully saturated rings. The lowest BCUT2D eigenvalue weighted by Crippen LogP contribution is -2.24. The molecule has 0 amide bonds. The van der Waals surface area contributed by atoms with E-state index in [1.54, 1.807) is 24.0 Å². The van der Waals surface area contributed by atoms with Crippen LogP contribution in [-0.4, -0.2) is 31.4 Å². The van der Waals surface area contributed by atoms with E-state index in [-0.39, 0.29) is 24.0 Å². The number of carbonyl (C=O) groups is 1. The number of Topliss-reactive ketones (excluding diaryl/α,β-unsaturated/α-hetero) is 1. The van der Waals surface area contributed by atoms with Crippen molar-refractivity contribution in [3.63, 3.8) is 0 Å². The molecule has 2 aromatic heterocycles. The highest BCUT2D eigenvalue weighted by Gasteiger charge is 2.53. The number of nitrogens with two attached hydrogens (primary N) is 1. The van der Waals surface area contributed by atoms with Crippen LogP contribution >= 0.6 is 12.4 Å². The number of fused-ring (bicyclic) bond motifs is 1. The molecule has 0 atom stereocenters. The molecule has 0 bridgehead atoms. The van der Waals surface area contributed by atoms with Crippen molar-refractivity contribution < 1.29 is 4.79 Å². The van der Waals surface area contributed by atoms with Crippen LogP contribution in [0.25, 0.3) is 11.0 Å². The lowest BCUT2D eigenvalue weighted by Gasteiger charge is -2.17. The summed E-state index contributed by atoms with van der Waals surface area (Å²) in [6.07, 6.45) is 3.36. The van der Waals surface area contributed by atoms with Gasteiger partial charge in [-0.3, -0.25) is 14.9 Å². The van der Waals surface area contributed by atoms with Crippen LogP contribution in [0, 0.1) is 12.3 Å². The third-order valence-corrected chi connectivity index (χ3v) is 6.37. The van der Waals surface area contributed by atoms with Crippen LogP contribution in [0.5, 0.6) is 0 Å². The number of hydrogen-bond donors (Lipinski definition) is 4. The van der Waals surface area contributed by atoms with Crippen LogP contribution in [0.15, 0.2) is 48.7 Å². The van der Waals surface area contributed by atoms with Gasteiger partial charge in [-0.25, -0.2) is 4.98 Å². The number of halogens is 1. The lowest BCUT2D eigenvalue weighted by molar-refractivity contribution is 0.0936. The van der Waals surface area contributed by atoms with Gasteiger partial charge in [-0.2, -0.15) is 5.10 Å². The van der Waals surface area contributed by atoms with Crippen molar-refractivity contribution in [2.75, 3.05) is 5.32 Å². The second-order valence-corrected chi connectivity index (χ2v) is 8.41. The molecular weight excluding hydrogens is 438 g/mol. The number of aromatic nitrogens is 4. The van der Waals surface area contributed by atoms with E-state index >= 15 is 0 Å². The van der Waals surface area contributed by atoms with Crippen LogP contribution < -0.4 is 11.1 Å². The van der Waals surface area contributed by atoms with Crippen molar-refractivity contribution in [2.45, 2.75) is 31.7 Å². The van der Waals surface area contributed by atoms with Crippen molar-refractivity contribution in [3.8, 4) is 0 Å². The highest BCUT2D eigenvalue weighted by atomic mass is 35.5. The molecule has 5 N–H and O–H groups in total. The van der Waals surface area contributed by atoms with E-state index < -0.39 is 5.41 Å². The summed E-state index contributed by atoms with van der Waals surface area (Å²) >= 11 is 0. The largest absolute Gasteiger partial charge is 0.384 e. The van der Waals surface area contributed by atoms with Crippen molar-refractivity contribution in [1.29, 1.82) is 5.41 Å². The van der Waals surface area contributed by atoms with Crippen molar-refractivity contribution >= 4 is 40.7 Å². The number of nitrogens with one attached hydrogen (secondary N) is 3. The number of imidazole rings is 1. The Hall–Kier alpha value is -3.65. The van der Waals surface area contributed by atoms with E-state index in [4.69, 9.17) is 16.1 Å². The topological polar surface area (TPSA) is 125 Å². The van der Waals surface area contributed by atoms with E-state index in [1.807, 2.05) is 37.3 Å². The predicted molar refractivity (Wildman–Crippen MR) is 131 cm³/mol. The molecule has 33 heavy (non-hydrogen) atoms.